The number of rotatable bonds is 2. The van der Waals surface area contributed by atoms with Gasteiger partial charge < -0.3 is 5.32 Å². The second-order valence-electron chi connectivity index (χ2n) is 6.66. The smallest absolute Gasteiger partial charge is 0.266 e. The second-order valence-corrected chi connectivity index (χ2v) is 7.58. The fraction of sp³-hybridized carbons (Fsp3) is 0. The van der Waals surface area contributed by atoms with Gasteiger partial charge in [-0.25, -0.2) is 4.98 Å². The van der Waals surface area contributed by atoms with E-state index < -0.39 is 0 Å². The van der Waals surface area contributed by atoms with E-state index in [1.807, 2.05) is 60.7 Å². The van der Waals surface area contributed by atoms with Crippen molar-refractivity contribution in [1.29, 1.82) is 0 Å². The number of hydrogen-bond acceptors (Lipinski definition) is 3. The quantitative estimate of drug-likeness (QED) is 0.459. The van der Waals surface area contributed by atoms with E-state index >= 15 is 0 Å². The van der Waals surface area contributed by atoms with Crippen LogP contribution in [0.3, 0.4) is 0 Å². The maximum absolute atomic E-state index is 13.3. The zero-order chi connectivity index (χ0) is 20.0. The first kappa shape index (κ1) is 17.6. The zero-order valence-corrected chi connectivity index (χ0v) is 16.7. The largest absolute Gasteiger partial charge is 0.321 e. The number of nitrogens with one attached hydrogen (secondary N) is 1. The van der Waals surface area contributed by atoms with Gasteiger partial charge in [-0.3, -0.25) is 14.2 Å². The molecule has 0 fully saturated rings. The van der Waals surface area contributed by atoms with Crippen molar-refractivity contribution in [3.8, 4) is 5.69 Å². The van der Waals surface area contributed by atoms with Crippen molar-refractivity contribution in [2.24, 2.45) is 0 Å². The number of aromatic nitrogens is 2. The molecule has 1 aliphatic rings. The van der Waals surface area contributed by atoms with E-state index in [1.54, 1.807) is 18.2 Å². The third-order valence-electron chi connectivity index (χ3n) is 4.87. The molecule has 1 aromatic heterocycles. The van der Waals surface area contributed by atoms with E-state index in [0.717, 1.165) is 15.7 Å². The summed E-state index contributed by atoms with van der Waals surface area (Å²) in [5.74, 6) is 0.189. The molecule has 0 unspecified atom stereocenters. The van der Waals surface area contributed by atoms with E-state index in [0.29, 0.717) is 28.0 Å². The van der Waals surface area contributed by atoms with E-state index in [1.165, 1.54) is 4.57 Å². The van der Waals surface area contributed by atoms with Crippen molar-refractivity contribution in [3.63, 3.8) is 0 Å². The molecule has 0 bridgehead atoms. The maximum atomic E-state index is 13.3. The molecule has 1 amide bonds. The first-order chi connectivity index (χ1) is 14.1. The van der Waals surface area contributed by atoms with Crippen LogP contribution in [0.25, 0.3) is 28.2 Å². The van der Waals surface area contributed by atoms with Crippen molar-refractivity contribution in [2.45, 2.75) is 0 Å². The number of carbonyl (C=O) groups excluding carboxylic acids is 1. The molecule has 5 nitrogen and oxygen atoms in total. The Morgan fingerprint density at radius 1 is 0.897 bits per heavy atom. The third-order valence-corrected chi connectivity index (χ3v) is 5.40. The summed E-state index contributed by atoms with van der Waals surface area (Å²) in [7, 11) is 0. The second kappa shape index (κ2) is 6.83. The lowest BCUT2D eigenvalue weighted by Crippen LogP contribution is -2.22. The fourth-order valence-corrected chi connectivity index (χ4v) is 3.76. The number of amides is 1. The number of hydrogen-bond donors (Lipinski definition) is 1. The highest BCUT2D eigenvalue weighted by molar-refractivity contribution is 9.10. The average Bonchev–Trinajstić information content (AvgIpc) is 3.05. The Morgan fingerprint density at radius 2 is 1.62 bits per heavy atom. The Hall–Kier alpha value is -3.51. The van der Waals surface area contributed by atoms with Crippen molar-refractivity contribution in [2.75, 3.05) is 5.32 Å². The van der Waals surface area contributed by atoms with Crippen LogP contribution in [0.15, 0.2) is 82.1 Å². The van der Waals surface area contributed by atoms with Crippen molar-refractivity contribution >= 4 is 50.1 Å². The summed E-state index contributed by atoms with van der Waals surface area (Å²) in [5, 5.41) is 3.38. The molecule has 0 saturated heterocycles. The summed E-state index contributed by atoms with van der Waals surface area (Å²) in [5.41, 5.74) is 3.11. The molecule has 2 heterocycles. The van der Waals surface area contributed by atoms with Crippen LogP contribution in [0, 0.1) is 0 Å². The standard InChI is InChI=1S/C23H14BrN3O2/c24-14-9-11-15(12-10-14)27-21(25-20-8-4-2-6-17(20)23(27)29)13-18-16-5-1-3-7-19(16)26-22(18)28/h1-13H,(H,26,28)/b18-13+. The van der Waals surface area contributed by atoms with Crippen LogP contribution in [0.5, 0.6) is 0 Å². The number of fused-ring (bicyclic) bond motifs is 2. The summed E-state index contributed by atoms with van der Waals surface area (Å²) < 4.78 is 2.45. The fourth-order valence-electron chi connectivity index (χ4n) is 3.50. The van der Waals surface area contributed by atoms with Crippen molar-refractivity contribution in [1.82, 2.24) is 9.55 Å². The van der Waals surface area contributed by atoms with Crippen LogP contribution in [0.2, 0.25) is 0 Å². The molecule has 0 spiro atoms. The number of benzene rings is 3. The molecule has 3 aromatic carbocycles. The number of carbonyl (C=O) groups is 1. The SMILES string of the molecule is O=C1Nc2ccccc2/C1=C\c1nc2ccccc2c(=O)n1-c1ccc(Br)cc1. The number of para-hydroxylation sites is 2. The summed E-state index contributed by atoms with van der Waals surface area (Å²) in [6.45, 7) is 0. The Labute approximate surface area is 174 Å². The van der Waals surface area contributed by atoms with Gasteiger partial charge >= 0.3 is 0 Å². The summed E-state index contributed by atoms with van der Waals surface area (Å²) in [6, 6.07) is 22.1. The highest BCUT2D eigenvalue weighted by atomic mass is 79.9. The molecular formula is C23H14BrN3O2. The lowest BCUT2D eigenvalue weighted by atomic mass is 10.1. The predicted molar refractivity (Wildman–Crippen MR) is 118 cm³/mol. The van der Waals surface area contributed by atoms with E-state index in [4.69, 9.17) is 4.98 Å². The average molecular weight is 444 g/mol. The molecule has 1 aliphatic heterocycles. The maximum Gasteiger partial charge on any atom is 0.266 e. The topological polar surface area (TPSA) is 64.0 Å². The molecule has 4 aromatic rings. The highest BCUT2D eigenvalue weighted by Crippen LogP contribution is 2.32. The van der Waals surface area contributed by atoms with Crippen LogP contribution < -0.4 is 10.9 Å². The first-order valence-electron chi connectivity index (χ1n) is 9.02. The monoisotopic (exact) mass is 443 g/mol. The molecule has 0 saturated carbocycles. The van der Waals surface area contributed by atoms with E-state index in [9.17, 15) is 9.59 Å². The Bertz CT molecular complexity index is 1370. The minimum absolute atomic E-state index is 0.184. The normalized spacial score (nSPS) is 14.2. The van der Waals surface area contributed by atoms with Crippen molar-refractivity contribution < 1.29 is 4.79 Å². The summed E-state index contributed by atoms with van der Waals surface area (Å²) in [4.78, 5) is 30.6. The van der Waals surface area contributed by atoms with E-state index in [-0.39, 0.29) is 11.5 Å². The lowest BCUT2D eigenvalue weighted by Gasteiger charge is -2.12. The molecule has 1 N–H and O–H groups in total. The van der Waals surface area contributed by atoms with Crippen LogP contribution in [0.1, 0.15) is 11.4 Å². The molecule has 140 valence electrons. The summed E-state index contributed by atoms with van der Waals surface area (Å²) >= 11 is 3.42. The minimum Gasteiger partial charge on any atom is -0.321 e. The van der Waals surface area contributed by atoms with Gasteiger partial charge in [0.15, 0.2) is 0 Å². The van der Waals surface area contributed by atoms with Gasteiger partial charge in [0.25, 0.3) is 11.5 Å². The molecular weight excluding hydrogens is 430 g/mol. The van der Waals surface area contributed by atoms with Crippen LogP contribution in [0.4, 0.5) is 5.69 Å². The van der Waals surface area contributed by atoms with Gasteiger partial charge in [-0.2, -0.15) is 0 Å². The van der Waals surface area contributed by atoms with Crippen molar-refractivity contribution in [3.05, 3.63) is 99.0 Å². The van der Waals surface area contributed by atoms with Gasteiger partial charge in [-0.15, -0.1) is 0 Å². The number of nitrogens with zero attached hydrogens (tertiary/aromatic N) is 2. The molecule has 29 heavy (non-hydrogen) atoms. The molecule has 6 heteroatoms. The zero-order valence-electron chi connectivity index (χ0n) is 15.1. The number of anilines is 1. The van der Waals surface area contributed by atoms with Gasteiger partial charge in [-0.1, -0.05) is 46.3 Å². The van der Waals surface area contributed by atoms with Crippen LogP contribution in [-0.4, -0.2) is 15.5 Å². The lowest BCUT2D eigenvalue weighted by molar-refractivity contribution is -0.110. The minimum atomic E-state index is -0.212. The van der Waals surface area contributed by atoms with Gasteiger partial charge in [0.1, 0.15) is 5.82 Å². The molecule has 0 atom stereocenters. The third kappa shape index (κ3) is 2.98. The molecule has 0 radical (unpaired) electrons. The Kier molecular flexibility index (Phi) is 4.14. The van der Waals surface area contributed by atoms with Crippen LogP contribution in [-0.2, 0) is 4.79 Å². The summed E-state index contributed by atoms with van der Waals surface area (Å²) in [6.07, 6.45) is 1.68. The Balaban J connectivity index is 1.82. The molecule has 0 aliphatic carbocycles. The Morgan fingerprint density at radius 3 is 2.45 bits per heavy atom. The van der Waals surface area contributed by atoms with Gasteiger partial charge in [0.05, 0.1) is 22.2 Å². The van der Waals surface area contributed by atoms with Crippen LogP contribution >= 0.6 is 15.9 Å². The molecule has 5 rings (SSSR count). The van der Waals surface area contributed by atoms with Gasteiger partial charge in [-0.05, 0) is 48.5 Å². The first-order valence-corrected chi connectivity index (χ1v) is 9.81. The highest BCUT2D eigenvalue weighted by Gasteiger charge is 2.24. The number of halogens is 1. The predicted octanol–water partition coefficient (Wildman–Crippen LogP) is 4.64. The van der Waals surface area contributed by atoms with E-state index in [2.05, 4.69) is 21.2 Å². The van der Waals surface area contributed by atoms with Gasteiger partial charge in [0, 0.05) is 15.7 Å². The van der Waals surface area contributed by atoms with Gasteiger partial charge in [0.2, 0.25) is 0 Å².